The Kier molecular flexibility index (Phi) is 3.05. The van der Waals surface area contributed by atoms with Gasteiger partial charge in [0.05, 0.1) is 0 Å². The van der Waals surface area contributed by atoms with E-state index in [1.54, 1.807) is 0 Å². The van der Waals surface area contributed by atoms with E-state index in [-0.39, 0.29) is 6.42 Å². The monoisotopic (exact) mass is 153 g/mol. The SMILES string of the molecule is CCCC(F)(F)OC(=O)[O-]. The zero-order valence-electron chi connectivity index (χ0n) is 5.39. The number of hydrogen-bond acceptors (Lipinski definition) is 3. The summed E-state index contributed by atoms with van der Waals surface area (Å²) in [7, 11) is 0. The van der Waals surface area contributed by atoms with Crippen molar-refractivity contribution in [1.82, 2.24) is 0 Å². The molecule has 0 atom stereocenters. The summed E-state index contributed by atoms with van der Waals surface area (Å²) in [5.74, 6) is 0. The first-order chi connectivity index (χ1) is 4.48. The predicted octanol–water partition coefficient (Wildman–Crippen LogP) is 0.739. The Morgan fingerprint density at radius 3 is 2.50 bits per heavy atom. The second kappa shape index (κ2) is 3.34. The lowest BCUT2D eigenvalue weighted by Gasteiger charge is -2.19. The zero-order chi connectivity index (χ0) is 8.20. The number of hydrogen-bond donors (Lipinski definition) is 0. The highest BCUT2D eigenvalue weighted by Gasteiger charge is 2.25. The van der Waals surface area contributed by atoms with E-state index in [9.17, 15) is 18.7 Å². The van der Waals surface area contributed by atoms with E-state index in [1.807, 2.05) is 0 Å². The topological polar surface area (TPSA) is 49.4 Å². The minimum atomic E-state index is -3.59. The summed E-state index contributed by atoms with van der Waals surface area (Å²) >= 11 is 0. The van der Waals surface area contributed by atoms with Crippen LogP contribution in [0.15, 0.2) is 0 Å². The second-order valence-corrected chi connectivity index (χ2v) is 1.74. The molecule has 0 amide bonds. The van der Waals surface area contributed by atoms with E-state index >= 15 is 0 Å². The number of alkyl halides is 2. The summed E-state index contributed by atoms with van der Waals surface area (Å²) in [4.78, 5) is 9.48. The Labute approximate surface area is 56.6 Å². The lowest BCUT2D eigenvalue weighted by molar-refractivity contribution is -0.328. The molecule has 0 radical (unpaired) electrons. The van der Waals surface area contributed by atoms with Crippen LogP contribution in [-0.2, 0) is 4.74 Å². The molecule has 0 saturated carbocycles. The second-order valence-electron chi connectivity index (χ2n) is 1.74. The number of rotatable bonds is 3. The fraction of sp³-hybridized carbons (Fsp3) is 0.800. The molecule has 5 heteroatoms. The van der Waals surface area contributed by atoms with Gasteiger partial charge in [0.25, 0.3) is 6.16 Å². The summed E-state index contributed by atoms with van der Waals surface area (Å²) in [5, 5.41) is 9.48. The van der Waals surface area contributed by atoms with E-state index in [4.69, 9.17) is 0 Å². The molecule has 3 nitrogen and oxygen atoms in total. The lowest BCUT2D eigenvalue weighted by Crippen LogP contribution is -2.33. The largest absolute Gasteiger partial charge is 0.490 e. The zero-order valence-corrected chi connectivity index (χ0v) is 5.39. The van der Waals surface area contributed by atoms with Crippen molar-refractivity contribution in [1.29, 1.82) is 0 Å². The van der Waals surface area contributed by atoms with Crippen molar-refractivity contribution in [2.24, 2.45) is 0 Å². The van der Waals surface area contributed by atoms with Crippen molar-refractivity contribution < 1.29 is 23.4 Å². The molecule has 0 fully saturated rings. The summed E-state index contributed by atoms with van der Waals surface area (Å²) < 4.78 is 27.2. The Morgan fingerprint density at radius 2 is 2.20 bits per heavy atom. The molecular formula is C5H7F2O3-. The minimum Gasteiger partial charge on any atom is -0.490 e. The van der Waals surface area contributed by atoms with Gasteiger partial charge in [-0.05, 0) is 6.42 Å². The third-order valence-electron chi connectivity index (χ3n) is 0.774. The number of halogens is 2. The minimum absolute atomic E-state index is 0.153. The Hall–Kier alpha value is -0.870. The number of carbonyl (C=O) groups excluding carboxylic acids is 1. The molecule has 0 aromatic heterocycles. The molecule has 0 heterocycles. The average Bonchev–Trinajstić information content (AvgIpc) is 1.59. The summed E-state index contributed by atoms with van der Waals surface area (Å²) in [6.07, 6.45) is -6.24. The van der Waals surface area contributed by atoms with Crippen LogP contribution >= 0.6 is 0 Å². The maximum Gasteiger partial charge on any atom is 0.339 e. The molecule has 0 spiro atoms. The van der Waals surface area contributed by atoms with Crippen LogP contribution in [0.4, 0.5) is 13.6 Å². The third-order valence-corrected chi connectivity index (χ3v) is 0.774. The average molecular weight is 153 g/mol. The van der Waals surface area contributed by atoms with Gasteiger partial charge in [0, 0.05) is 6.42 Å². The van der Waals surface area contributed by atoms with E-state index in [0.717, 1.165) is 0 Å². The first-order valence-electron chi connectivity index (χ1n) is 2.76. The van der Waals surface area contributed by atoms with Crippen LogP contribution in [0, 0.1) is 0 Å². The highest BCUT2D eigenvalue weighted by molar-refractivity contribution is 5.54. The van der Waals surface area contributed by atoms with E-state index in [1.165, 1.54) is 6.92 Å². The van der Waals surface area contributed by atoms with Gasteiger partial charge in [-0.15, -0.1) is 0 Å². The number of carbonyl (C=O) groups is 1. The molecule has 0 bridgehead atoms. The van der Waals surface area contributed by atoms with Gasteiger partial charge in [0.15, 0.2) is 0 Å². The summed E-state index contributed by atoms with van der Waals surface area (Å²) in [5.41, 5.74) is 0. The van der Waals surface area contributed by atoms with Crippen molar-refractivity contribution in [3.63, 3.8) is 0 Å². The number of ether oxygens (including phenoxy) is 1. The fourth-order valence-corrected chi connectivity index (χ4v) is 0.464. The van der Waals surface area contributed by atoms with Crippen molar-refractivity contribution in [2.75, 3.05) is 0 Å². The maximum atomic E-state index is 12.0. The van der Waals surface area contributed by atoms with Crippen LogP contribution in [0.1, 0.15) is 19.8 Å². The van der Waals surface area contributed by atoms with Crippen LogP contribution in [-0.4, -0.2) is 12.3 Å². The highest BCUT2D eigenvalue weighted by atomic mass is 19.3. The number of carboxylic acid groups (broad SMARTS) is 1. The molecule has 0 aromatic rings. The molecule has 0 aromatic carbocycles. The smallest absolute Gasteiger partial charge is 0.339 e. The molecule has 0 rings (SSSR count). The van der Waals surface area contributed by atoms with Gasteiger partial charge in [-0.1, -0.05) is 6.92 Å². The van der Waals surface area contributed by atoms with E-state index in [0.29, 0.717) is 0 Å². The highest BCUT2D eigenvalue weighted by Crippen LogP contribution is 2.20. The molecule has 0 aliphatic heterocycles. The third kappa shape index (κ3) is 4.05. The lowest BCUT2D eigenvalue weighted by atomic mass is 10.3. The van der Waals surface area contributed by atoms with Crippen LogP contribution in [0.5, 0.6) is 0 Å². The van der Waals surface area contributed by atoms with Crippen LogP contribution in [0.25, 0.3) is 0 Å². The van der Waals surface area contributed by atoms with Crippen molar-refractivity contribution in [3.8, 4) is 0 Å². The first kappa shape index (κ1) is 9.13. The first-order valence-corrected chi connectivity index (χ1v) is 2.76. The van der Waals surface area contributed by atoms with E-state index < -0.39 is 18.7 Å². The van der Waals surface area contributed by atoms with Gasteiger partial charge >= 0.3 is 6.11 Å². The Bertz CT molecular complexity index is 124. The van der Waals surface area contributed by atoms with Gasteiger partial charge in [-0.25, -0.2) is 0 Å². The molecule has 60 valence electrons. The molecule has 0 aliphatic carbocycles. The van der Waals surface area contributed by atoms with Crippen molar-refractivity contribution in [3.05, 3.63) is 0 Å². The standard InChI is InChI=1S/C5H8F2O3/c1-2-3-5(6,7)10-4(8)9/h2-3H2,1H3,(H,8,9)/p-1. The van der Waals surface area contributed by atoms with Gasteiger partial charge in [-0.2, -0.15) is 8.78 Å². The van der Waals surface area contributed by atoms with Crippen LogP contribution in [0.2, 0.25) is 0 Å². The molecular weight excluding hydrogens is 146 g/mol. The maximum absolute atomic E-state index is 12.0. The van der Waals surface area contributed by atoms with E-state index in [2.05, 4.69) is 4.74 Å². The Balaban J connectivity index is 3.74. The molecule has 10 heavy (non-hydrogen) atoms. The van der Waals surface area contributed by atoms with Gasteiger partial charge < -0.3 is 14.6 Å². The van der Waals surface area contributed by atoms with Gasteiger partial charge in [-0.3, -0.25) is 0 Å². The summed E-state index contributed by atoms with van der Waals surface area (Å²) in [6.45, 7) is 1.49. The normalized spacial score (nSPS) is 11.1. The van der Waals surface area contributed by atoms with Crippen molar-refractivity contribution >= 4 is 6.16 Å². The predicted molar refractivity (Wildman–Crippen MR) is 26.3 cm³/mol. The summed E-state index contributed by atoms with van der Waals surface area (Å²) in [6, 6.07) is 0. The van der Waals surface area contributed by atoms with Crippen molar-refractivity contribution in [2.45, 2.75) is 25.9 Å². The molecule has 0 saturated heterocycles. The molecule has 0 aliphatic rings. The van der Waals surface area contributed by atoms with Crippen LogP contribution in [0.3, 0.4) is 0 Å². The quantitative estimate of drug-likeness (QED) is 0.562. The van der Waals surface area contributed by atoms with Gasteiger partial charge in [0.1, 0.15) is 0 Å². The molecule has 0 unspecified atom stereocenters. The van der Waals surface area contributed by atoms with Gasteiger partial charge in [0.2, 0.25) is 0 Å². The van der Waals surface area contributed by atoms with Crippen LogP contribution < -0.4 is 5.11 Å². The fourth-order valence-electron chi connectivity index (χ4n) is 0.464. The molecule has 0 N–H and O–H groups in total. The Morgan fingerprint density at radius 1 is 1.70 bits per heavy atom.